The predicted molar refractivity (Wildman–Crippen MR) is 88.4 cm³/mol. The summed E-state index contributed by atoms with van der Waals surface area (Å²) in [6, 6.07) is 9.85. The van der Waals surface area contributed by atoms with Gasteiger partial charge < -0.3 is 4.90 Å². The van der Waals surface area contributed by atoms with Gasteiger partial charge in [-0.25, -0.2) is 4.39 Å². The SMILES string of the molecule is O=C(c1cnn(-c2ccc(F)cc2)n1)N(Cc1cccnc1)C1CC1. The molecule has 6 nitrogen and oxygen atoms in total. The Balaban J connectivity index is 1.55. The minimum absolute atomic E-state index is 0.153. The fraction of sp³-hybridized carbons (Fsp3) is 0.222. The summed E-state index contributed by atoms with van der Waals surface area (Å²) in [6.07, 6.45) is 6.92. The van der Waals surface area contributed by atoms with Gasteiger partial charge in [-0.15, -0.1) is 5.10 Å². The molecule has 0 N–H and O–H groups in total. The van der Waals surface area contributed by atoms with E-state index in [-0.39, 0.29) is 23.5 Å². The van der Waals surface area contributed by atoms with Crippen molar-refractivity contribution in [3.8, 4) is 5.69 Å². The van der Waals surface area contributed by atoms with Crippen LogP contribution < -0.4 is 0 Å². The molecule has 0 atom stereocenters. The summed E-state index contributed by atoms with van der Waals surface area (Å²) >= 11 is 0. The first-order chi connectivity index (χ1) is 12.2. The van der Waals surface area contributed by atoms with Gasteiger partial charge in [0.05, 0.1) is 11.9 Å². The molecule has 1 aliphatic rings. The molecule has 1 amide bonds. The third kappa shape index (κ3) is 3.40. The average Bonchev–Trinajstić information content (AvgIpc) is 3.37. The van der Waals surface area contributed by atoms with Gasteiger partial charge in [0.2, 0.25) is 0 Å². The van der Waals surface area contributed by atoms with Crippen molar-refractivity contribution in [2.24, 2.45) is 0 Å². The lowest BCUT2D eigenvalue weighted by atomic mass is 10.2. The van der Waals surface area contributed by atoms with Crippen LogP contribution in [0.25, 0.3) is 5.69 Å². The molecule has 0 unspecified atom stereocenters. The van der Waals surface area contributed by atoms with Gasteiger partial charge >= 0.3 is 0 Å². The van der Waals surface area contributed by atoms with Crippen molar-refractivity contribution in [2.75, 3.05) is 0 Å². The summed E-state index contributed by atoms with van der Waals surface area (Å²) in [4.78, 5) is 20.1. The molecule has 25 heavy (non-hydrogen) atoms. The van der Waals surface area contributed by atoms with Gasteiger partial charge in [-0.2, -0.15) is 9.90 Å². The first-order valence-electron chi connectivity index (χ1n) is 8.09. The van der Waals surface area contributed by atoms with Crippen LogP contribution in [0, 0.1) is 5.82 Å². The maximum atomic E-state index is 13.0. The number of pyridine rings is 1. The highest BCUT2D eigenvalue weighted by Crippen LogP contribution is 2.29. The number of halogens is 1. The quantitative estimate of drug-likeness (QED) is 0.718. The van der Waals surface area contributed by atoms with Gasteiger partial charge in [0.25, 0.3) is 5.91 Å². The van der Waals surface area contributed by atoms with Gasteiger partial charge in [-0.1, -0.05) is 6.07 Å². The number of hydrogen-bond donors (Lipinski definition) is 0. The van der Waals surface area contributed by atoms with E-state index in [4.69, 9.17) is 0 Å². The molecule has 1 aliphatic carbocycles. The van der Waals surface area contributed by atoms with Crippen molar-refractivity contribution >= 4 is 5.91 Å². The Kier molecular flexibility index (Phi) is 3.97. The topological polar surface area (TPSA) is 63.9 Å². The number of carbonyl (C=O) groups excluding carboxylic acids is 1. The number of rotatable bonds is 5. The lowest BCUT2D eigenvalue weighted by Gasteiger charge is -2.21. The molecule has 0 aliphatic heterocycles. The van der Waals surface area contributed by atoms with E-state index in [2.05, 4.69) is 15.2 Å². The Morgan fingerprint density at radius 1 is 1.20 bits per heavy atom. The first kappa shape index (κ1) is 15.4. The summed E-state index contributed by atoms with van der Waals surface area (Å²) in [6.45, 7) is 0.501. The van der Waals surface area contributed by atoms with Crippen LogP contribution in [0.4, 0.5) is 4.39 Å². The Bertz CT molecular complexity index is 874. The molecule has 1 aromatic carbocycles. The smallest absolute Gasteiger partial charge is 0.276 e. The van der Waals surface area contributed by atoms with Crippen LogP contribution in [0.5, 0.6) is 0 Å². The Labute approximate surface area is 143 Å². The van der Waals surface area contributed by atoms with E-state index < -0.39 is 0 Å². The van der Waals surface area contributed by atoms with Gasteiger partial charge in [0, 0.05) is 25.0 Å². The van der Waals surface area contributed by atoms with Crippen molar-refractivity contribution in [3.05, 3.63) is 72.1 Å². The molecule has 0 bridgehead atoms. The van der Waals surface area contributed by atoms with E-state index >= 15 is 0 Å². The van der Waals surface area contributed by atoms with Crippen molar-refractivity contribution < 1.29 is 9.18 Å². The Morgan fingerprint density at radius 2 is 2.00 bits per heavy atom. The number of amides is 1. The number of benzene rings is 1. The van der Waals surface area contributed by atoms with Gasteiger partial charge in [-0.3, -0.25) is 9.78 Å². The lowest BCUT2D eigenvalue weighted by Crippen LogP contribution is -2.33. The van der Waals surface area contributed by atoms with E-state index in [9.17, 15) is 9.18 Å². The molecule has 1 saturated carbocycles. The van der Waals surface area contributed by atoms with Gasteiger partial charge in [0.15, 0.2) is 5.69 Å². The maximum absolute atomic E-state index is 13.0. The maximum Gasteiger partial charge on any atom is 0.276 e. The average molecular weight is 337 g/mol. The van der Waals surface area contributed by atoms with Crippen LogP contribution in [0.2, 0.25) is 0 Å². The molecule has 0 saturated heterocycles. The molecular formula is C18H16FN5O. The molecule has 7 heteroatoms. The fourth-order valence-corrected chi connectivity index (χ4v) is 2.65. The third-order valence-electron chi connectivity index (χ3n) is 4.09. The minimum Gasteiger partial charge on any atom is -0.330 e. The number of aromatic nitrogens is 4. The second-order valence-electron chi connectivity index (χ2n) is 6.02. The number of nitrogens with zero attached hydrogens (tertiary/aromatic N) is 5. The van der Waals surface area contributed by atoms with Crippen molar-refractivity contribution in [2.45, 2.75) is 25.4 Å². The molecule has 3 aromatic rings. The van der Waals surface area contributed by atoms with Crippen molar-refractivity contribution in [3.63, 3.8) is 0 Å². The fourth-order valence-electron chi connectivity index (χ4n) is 2.65. The molecule has 2 heterocycles. The predicted octanol–water partition coefficient (Wildman–Crippen LogP) is 2.61. The summed E-state index contributed by atoms with van der Waals surface area (Å²) in [5, 5.41) is 8.39. The zero-order valence-corrected chi connectivity index (χ0v) is 13.4. The first-order valence-corrected chi connectivity index (χ1v) is 8.09. The summed E-state index contributed by atoms with van der Waals surface area (Å²) in [5.41, 5.74) is 1.86. The molecule has 1 fully saturated rings. The van der Waals surface area contributed by atoms with Crippen LogP contribution in [-0.4, -0.2) is 36.8 Å². The zero-order chi connectivity index (χ0) is 17.2. The highest BCUT2D eigenvalue weighted by Gasteiger charge is 2.34. The second-order valence-corrected chi connectivity index (χ2v) is 6.02. The highest BCUT2D eigenvalue weighted by molar-refractivity contribution is 5.92. The summed E-state index contributed by atoms with van der Waals surface area (Å²) in [7, 11) is 0. The molecule has 2 aromatic heterocycles. The molecular weight excluding hydrogens is 321 g/mol. The highest BCUT2D eigenvalue weighted by atomic mass is 19.1. The van der Waals surface area contributed by atoms with E-state index in [0.29, 0.717) is 12.2 Å². The molecule has 0 radical (unpaired) electrons. The largest absolute Gasteiger partial charge is 0.330 e. The van der Waals surface area contributed by atoms with Gasteiger partial charge in [-0.05, 0) is 48.7 Å². The van der Waals surface area contributed by atoms with Crippen molar-refractivity contribution in [1.29, 1.82) is 0 Å². The van der Waals surface area contributed by atoms with E-state index in [0.717, 1.165) is 18.4 Å². The molecule has 0 spiro atoms. The van der Waals surface area contributed by atoms with E-state index in [1.165, 1.54) is 23.1 Å². The normalized spacial score (nSPS) is 13.6. The minimum atomic E-state index is -0.330. The van der Waals surface area contributed by atoms with Crippen LogP contribution in [-0.2, 0) is 6.54 Å². The molecule has 126 valence electrons. The van der Waals surface area contributed by atoms with Gasteiger partial charge in [0.1, 0.15) is 5.82 Å². The second kappa shape index (κ2) is 6.43. The summed E-state index contributed by atoms with van der Waals surface area (Å²) < 4.78 is 13.0. The standard InChI is InChI=1S/C18H16FN5O/c19-14-3-5-16(6-4-14)24-21-11-17(22-24)18(25)23(15-7-8-15)12-13-2-1-9-20-10-13/h1-6,9-11,15H,7-8,12H2. The van der Waals surface area contributed by atoms with Crippen LogP contribution in [0.15, 0.2) is 55.0 Å². The number of hydrogen-bond acceptors (Lipinski definition) is 4. The van der Waals surface area contributed by atoms with E-state index in [1.807, 2.05) is 17.0 Å². The Morgan fingerprint density at radius 3 is 2.68 bits per heavy atom. The van der Waals surface area contributed by atoms with E-state index in [1.54, 1.807) is 24.5 Å². The van der Waals surface area contributed by atoms with Crippen LogP contribution in [0.1, 0.15) is 28.9 Å². The monoisotopic (exact) mass is 337 g/mol. The third-order valence-corrected chi connectivity index (χ3v) is 4.09. The Hall–Kier alpha value is -3.09. The molecule has 4 rings (SSSR count). The lowest BCUT2D eigenvalue weighted by molar-refractivity contribution is 0.0723. The van der Waals surface area contributed by atoms with Crippen LogP contribution >= 0.6 is 0 Å². The zero-order valence-electron chi connectivity index (χ0n) is 13.4. The summed E-state index contributed by atoms with van der Waals surface area (Å²) in [5.74, 6) is -0.483. The number of carbonyl (C=O) groups is 1. The van der Waals surface area contributed by atoms with Crippen LogP contribution in [0.3, 0.4) is 0 Å². The van der Waals surface area contributed by atoms with Crippen molar-refractivity contribution in [1.82, 2.24) is 24.9 Å².